The molecule has 3 saturated heterocycles. The number of nitrogens with zero attached hydrogens (tertiary/aromatic N) is 3. The molecular weight excluding hydrogens is 404 g/mol. The number of nitrogens with one attached hydrogen (secondary N) is 1. The van der Waals surface area contributed by atoms with Crippen LogP contribution < -0.4 is 10.1 Å². The van der Waals surface area contributed by atoms with E-state index in [0.717, 1.165) is 89.2 Å². The van der Waals surface area contributed by atoms with Crippen LogP contribution in [0.1, 0.15) is 38.5 Å². The molecule has 3 heterocycles. The summed E-state index contributed by atoms with van der Waals surface area (Å²) in [6.07, 6.45) is 6.40. The molecule has 5 rings (SSSR count). The lowest BCUT2D eigenvalue weighted by molar-refractivity contribution is -0.142. The Balaban J connectivity index is 1.26. The fourth-order valence-corrected chi connectivity index (χ4v) is 7.04. The third-order valence-electron chi connectivity index (χ3n) is 8.71. The molecule has 7 heteroatoms. The quantitative estimate of drug-likeness (QED) is 0.784. The highest BCUT2D eigenvalue weighted by Crippen LogP contribution is 2.62. The molecule has 32 heavy (non-hydrogen) atoms. The van der Waals surface area contributed by atoms with Crippen molar-refractivity contribution in [1.29, 1.82) is 0 Å². The van der Waals surface area contributed by atoms with Gasteiger partial charge < -0.3 is 24.8 Å². The fraction of sp³-hybridized carbons (Fsp3) is 0.680. The largest absolute Gasteiger partial charge is 0.497 e. The Bertz CT molecular complexity index is 876. The predicted molar refractivity (Wildman–Crippen MR) is 124 cm³/mol. The van der Waals surface area contributed by atoms with Crippen LogP contribution in [-0.2, 0) is 4.79 Å². The molecule has 1 spiro atoms. The first-order valence-corrected chi connectivity index (χ1v) is 12.1. The lowest BCUT2D eigenvalue weighted by Crippen LogP contribution is -2.50. The number of carbonyl (C=O) groups excluding carboxylic acids is 2. The van der Waals surface area contributed by atoms with Gasteiger partial charge in [0.05, 0.1) is 12.5 Å². The summed E-state index contributed by atoms with van der Waals surface area (Å²) in [5.74, 6) is 1.56. The number of hydrogen-bond acceptors (Lipinski definition) is 4. The summed E-state index contributed by atoms with van der Waals surface area (Å²) >= 11 is 0. The number of amides is 3. The number of ether oxygens (including phenoxy) is 1. The molecule has 1 aromatic carbocycles. The lowest BCUT2D eigenvalue weighted by atomic mass is 9.65. The number of anilines is 1. The highest BCUT2D eigenvalue weighted by molar-refractivity contribution is 5.89. The summed E-state index contributed by atoms with van der Waals surface area (Å²) in [4.78, 5) is 33.0. The van der Waals surface area contributed by atoms with Gasteiger partial charge >= 0.3 is 6.03 Å². The van der Waals surface area contributed by atoms with Gasteiger partial charge in [-0.25, -0.2) is 4.79 Å². The minimum Gasteiger partial charge on any atom is -0.497 e. The van der Waals surface area contributed by atoms with Crippen LogP contribution in [0.25, 0.3) is 0 Å². The van der Waals surface area contributed by atoms with Gasteiger partial charge in [0.15, 0.2) is 0 Å². The Kier molecular flexibility index (Phi) is 5.56. The zero-order valence-electron chi connectivity index (χ0n) is 19.4. The number of carbonyl (C=O) groups is 2. The molecule has 1 aromatic rings. The first-order valence-electron chi connectivity index (χ1n) is 12.1. The second kappa shape index (κ2) is 8.25. The number of benzene rings is 1. The van der Waals surface area contributed by atoms with Crippen molar-refractivity contribution in [3.8, 4) is 5.75 Å². The average Bonchev–Trinajstić information content (AvgIpc) is 3.52. The zero-order valence-corrected chi connectivity index (χ0v) is 19.4. The predicted octanol–water partition coefficient (Wildman–Crippen LogP) is 3.27. The van der Waals surface area contributed by atoms with Crippen molar-refractivity contribution >= 4 is 17.6 Å². The molecule has 1 aliphatic carbocycles. The van der Waals surface area contributed by atoms with Gasteiger partial charge in [-0.05, 0) is 69.0 Å². The van der Waals surface area contributed by atoms with Crippen LogP contribution in [0.3, 0.4) is 0 Å². The lowest BCUT2D eigenvalue weighted by Gasteiger charge is -2.44. The maximum Gasteiger partial charge on any atom is 0.321 e. The third-order valence-corrected chi connectivity index (χ3v) is 8.71. The van der Waals surface area contributed by atoms with Crippen LogP contribution >= 0.6 is 0 Å². The van der Waals surface area contributed by atoms with Gasteiger partial charge in [0.25, 0.3) is 0 Å². The SMILES string of the molecule is COc1cccc(NC(=O)N2CCC3(CC2)CC[C@@]2(C(=O)N4CCCC4)CN(C)C[C@@H]32)c1. The molecule has 3 aliphatic heterocycles. The van der Waals surface area contributed by atoms with Crippen LogP contribution in [-0.4, -0.2) is 80.1 Å². The van der Waals surface area contributed by atoms with E-state index in [0.29, 0.717) is 11.8 Å². The van der Waals surface area contributed by atoms with Crippen LogP contribution in [0.5, 0.6) is 5.75 Å². The average molecular weight is 441 g/mol. The number of hydrogen-bond donors (Lipinski definition) is 1. The summed E-state index contributed by atoms with van der Waals surface area (Å²) in [6, 6.07) is 7.43. The monoisotopic (exact) mass is 440 g/mol. The Morgan fingerprint density at radius 3 is 2.50 bits per heavy atom. The molecule has 1 saturated carbocycles. The summed E-state index contributed by atoms with van der Waals surface area (Å²) in [5.41, 5.74) is 0.736. The third kappa shape index (κ3) is 3.54. The van der Waals surface area contributed by atoms with Crippen molar-refractivity contribution < 1.29 is 14.3 Å². The van der Waals surface area contributed by atoms with Crippen molar-refractivity contribution in [3.05, 3.63) is 24.3 Å². The molecule has 3 amide bonds. The van der Waals surface area contributed by atoms with Gasteiger partial charge in [-0.15, -0.1) is 0 Å². The summed E-state index contributed by atoms with van der Waals surface area (Å²) < 4.78 is 5.26. The minimum absolute atomic E-state index is 0.0472. The van der Waals surface area contributed by atoms with Crippen molar-refractivity contribution in [1.82, 2.24) is 14.7 Å². The number of fused-ring (bicyclic) bond motifs is 2. The van der Waals surface area contributed by atoms with Gasteiger partial charge in [-0.2, -0.15) is 0 Å². The van der Waals surface area contributed by atoms with E-state index < -0.39 is 0 Å². The Hall–Kier alpha value is -2.28. The van der Waals surface area contributed by atoms with Gasteiger partial charge in [0, 0.05) is 51.0 Å². The van der Waals surface area contributed by atoms with Crippen LogP contribution in [0, 0.1) is 16.7 Å². The maximum absolute atomic E-state index is 13.7. The van der Waals surface area contributed by atoms with E-state index in [9.17, 15) is 9.59 Å². The molecule has 4 aliphatic rings. The molecule has 0 aromatic heterocycles. The summed E-state index contributed by atoms with van der Waals surface area (Å²) in [6.45, 7) is 5.28. The van der Waals surface area contributed by atoms with Crippen LogP contribution in [0.4, 0.5) is 10.5 Å². The molecule has 7 nitrogen and oxygen atoms in total. The Labute approximate surface area is 191 Å². The molecular formula is C25H36N4O3. The van der Waals surface area contributed by atoms with Crippen LogP contribution in [0.2, 0.25) is 0 Å². The van der Waals surface area contributed by atoms with E-state index in [1.807, 2.05) is 29.2 Å². The molecule has 4 fully saturated rings. The van der Waals surface area contributed by atoms with Gasteiger partial charge in [0.2, 0.25) is 5.91 Å². The van der Waals surface area contributed by atoms with E-state index in [-0.39, 0.29) is 16.9 Å². The molecule has 0 unspecified atom stereocenters. The highest BCUT2D eigenvalue weighted by Gasteiger charge is 2.64. The molecule has 1 N–H and O–H groups in total. The number of methoxy groups -OCH3 is 1. The van der Waals surface area contributed by atoms with Crippen molar-refractivity contribution in [2.45, 2.75) is 38.5 Å². The van der Waals surface area contributed by atoms with Gasteiger partial charge in [-0.1, -0.05) is 6.07 Å². The normalized spacial score (nSPS) is 29.4. The molecule has 174 valence electrons. The second-order valence-electron chi connectivity index (χ2n) is 10.4. The van der Waals surface area contributed by atoms with E-state index >= 15 is 0 Å². The molecule has 0 bridgehead atoms. The highest BCUT2D eigenvalue weighted by atomic mass is 16.5. The van der Waals surface area contributed by atoms with Crippen molar-refractivity contribution in [2.24, 2.45) is 16.7 Å². The van der Waals surface area contributed by atoms with E-state index in [4.69, 9.17) is 4.74 Å². The first kappa shape index (κ1) is 21.6. The number of urea groups is 1. The number of piperidine rings is 1. The van der Waals surface area contributed by atoms with Crippen LogP contribution in [0.15, 0.2) is 24.3 Å². The molecule has 0 radical (unpaired) electrons. The van der Waals surface area contributed by atoms with E-state index in [1.54, 1.807) is 7.11 Å². The van der Waals surface area contributed by atoms with Crippen molar-refractivity contribution in [2.75, 3.05) is 58.7 Å². The number of likely N-dealkylation sites (tertiary alicyclic amines) is 3. The van der Waals surface area contributed by atoms with Gasteiger partial charge in [-0.3, -0.25) is 4.79 Å². The van der Waals surface area contributed by atoms with Gasteiger partial charge in [0.1, 0.15) is 5.75 Å². The summed E-state index contributed by atoms with van der Waals surface area (Å²) in [5, 5.41) is 3.02. The van der Waals surface area contributed by atoms with Crippen molar-refractivity contribution in [3.63, 3.8) is 0 Å². The number of rotatable bonds is 3. The van der Waals surface area contributed by atoms with E-state index in [1.165, 1.54) is 0 Å². The standard InChI is InChI=1S/C25H36N4O3/c1-27-17-21-24(8-9-25(21,18-27)22(30)28-12-3-4-13-28)10-14-29(15-11-24)23(31)26-19-6-5-7-20(16-19)32-2/h5-7,16,21H,3-4,8-15,17-18H2,1-2H3,(H,26,31)/t21-,25+/m0/s1. The topological polar surface area (TPSA) is 65.1 Å². The second-order valence-corrected chi connectivity index (χ2v) is 10.4. The molecule has 2 atom stereocenters. The zero-order chi connectivity index (χ0) is 22.3. The smallest absolute Gasteiger partial charge is 0.321 e. The summed E-state index contributed by atoms with van der Waals surface area (Å²) in [7, 11) is 3.79. The fourth-order valence-electron chi connectivity index (χ4n) is 7.04. The first-order chi connectivity index (χ1) is 15.5. The minimum atomic E-state index is -0.204. The Morgan fingerprint density at radius 1 is 1.03 bits per heavy atom. The Morgan fingerprint density at radius 2 is 1.78 bits per heavy atom. The maximum atomic E-state index is 13.7. The van der Waals surface area contributed by atoms with E-state index in [2.05, 4.69) is 22.2 Å².